The number of imide groups is 1. The molecular formula is C17H21NO2S. The molecule has 1 aromatic carbocycles. The van der Waals surface area contributed by atoms with Crippen molar-refractivity contribution in [1.82, 2.24) is 4.90 Å². The fourth-order valence-electron chi connectivity index (χ4n) is 3.32. The number of nitrogens with zero attached hydrogens (tertiary/aromatic N) is 1. The van der Waals surface area contributed by atoms with Crippen molar-refractivity contribution in [3.05, 3.63) is 35.4 Å². The summed E-state index contributed by atoms with van der Waals surface area (Å²) >= 11 is 1.80. The van der Waals surface area contributed by atoms with Gasteiger partial charge in [-0.3, -0.25) is 14.5 Å². The predicted molar refractivity (Wildman–Crippen MR) is 85.2 cm³/mol. The molecule has 2 saturated heterocycles. The van der Waals surface area contributed by atoms with Gasteiger partial charge in [-0.05, 0) is 43.1 Å². The van der Waals surface area contributed by atoms with E-state index in [2.05, 4.69) is 19.1 Å². The molecule has 0 radical (unpaired) electrons. The quantitative estimate of drug-likeness (QED) is 0.803. The van der Waals surface area contributed by atoms with E-state index in [1.165, 1.54) is 16.0 Å². The van der Waals surface area contributed by atoms with E-state index in [1.54, 1.807) is 11.8 Å². The summed E-state index contributed by atoms with van der Waals surface area (Å²) < 4.78 is 0. The van der Waals surface area contributed by atoms with Gasteiger partial charge in [-0.25, -0.2) is 0 Å². The average molecular weight is 303 g/mol. The van der Waals surface area contributed by atoms with Crippen molar-refractivity contribution in [3.63, 3.8) is 0 Å². The first-order chi connectivity index (χ1) is 10.1. The number of carbonyl (C=O) groups excluding carboxylic acids is 2. The molecule has 3 rings (SSSR count). The Morgan fingerprint density at radius 1 is 1.29 bits per heavy atom. The van der Waals surface area contributed by atoms with Crippen LogP contribution in [0.2, 0.25) is 0 Å². The Balaban J connectivity index is 1.59. The van der Waals surface area contributed by atoms with Gasteiger partial charge in [0.25, 0.3) is 0 Å². The number of carbonyl (C=O) groups is 2. The van der Waals surface area contributed by atoms with Crippen molar-refractivity contribution in [2.45, 2.75) is 32.6 Å². The topological polar surface area (TPSA) is 37.4 Å². The van der Waals surface area contributed by atoms with E-state index in [0.29, 0.717) is 13.0 Å². The van der Waals surface area contributed by atoms with Crippen LogP contribution in [0.15, 0.2) is 24.3 Å². The van der Waals surface area contributed by atoms with Crippen LogP contribution >= 0.6 is 11.8 Å². The van der Waals surface area contributed by atoms with Crippen LogP contribution in [0.4, 0.5) is 0 Å². The van der Waals surface area contributed by atoms with E-state index in [4.69, 9.17) is 0 Å². The third kappa shape index (κ3) is 2.73. The van der Waals surface area contributed by atoms with Crippen LogP contribution in [0.25, 0.3) is 0 Å². The van der Waals surface area contributed by atoms with Crippen LogP contribution in [0, 0.1) is 12.3 Å². The summed E-state index contributed by atoms with van der Waals surface area (Å²) in [5.41, 5.74) is 2.23. The molecule has 21 heavy (non-hydrogen) atoms. The van der Waals surface area contributed by atoms with Gasteiger partial charge in [0.15, 0.2) is 0 Å². The van der Waals surface area contributed by atoms with Crippen molar-refractivity contribution >= 4 is 23.6 Å². The molecule has 0 unspecified atom stereocenters. The number of rotatable bonds is 4. The number of likely N-dealkylation sites (tertiary alicyclic amines) is 1. The molecule has 3 nitrogen and oxygen atoms in total. The summed E-state index contributed by atoms with van der Waals surface area (Å²) in [5.74, 6) is 1.96. The molecule has 0 aromatic heterocycles. The summed E-state index contributed by atoms with van der Waals surface area (Å²) in [6, 6.07) is 8.30. The summed E-state index contributed by atoms with van der Waals surface area (Å²) in [6.45, 7) is 2.67. The van der Waals surface area contributed by atoms with Gasteiger partial charge in [0.2, 0.25) is 11.8 Å². The van der Waals surface area contributed by atoms with Crippen LogP contribution in [-0.2, 0) is 16.0 Å². The van der Waals surface area contributed by atoms with Gasteiger partial charge in [0, 0.05) is 18.7 Å². The van der Waals surface area contributed by atoms with Crippen LogP contribution < -0.4 is 0 Å². The number of hydrogen-bond donors (Lipinski definition) is 0. The molecule has 0 bridgehead atoms. The molecule has 2 amide bonds. The van der Waals surface area contributed by atoms with Crippen LogP contribution in [-0.4, -0.2) is 34.8 Å². The number of amides is 2. The number of hydrogen-bond acceptors (Lipinski definition) is 3. The van der Waals surface area contributed by atoms with E-state index >= 15 is 0 Å². The van der Waals surface area contributed by atoms with Crippen LogP contribution in [0.1, 0.15) is 30.4 Å². The van der Waals surface area contributed by atoms with E-state index in [1.807, 2.05) is 12.1 Å². The predicted octanol–water partition coefficient (Wildman–Crippen LogP) is 2.81. The van der Waals surface area contributed by atoms with Crippen molar-refractivity contribution in [3.8, 4) is 0 Å². The Bertz CT molecular complexity index is 564. The molecule has 1 atom stereocenters. The van der Waals surface area contributed by atoms with Crippen molar-refractivity contribution < 1.29 is 9.59 Å². The zero-order chi connectivity index (χ0) is 14.9. The lowest BCUT2D eigenvalue weighted by atomic mass is 9.86. The Morgan fingerprint density at radius 3 is 2.81 bits per heavy atom. The largest absolute Gasteiger partial charge is 0.282 e. The second-order valence-corrected chi connectivity index (χ2v) is 7.25. The summed E-state index contributed by atoms with van der Waals surface area (Å²) in [4.78, 5) is 26.2. The highest BCUT2D eigenvalue weighted by molar-refractivity contribution is 7.99. The molecule has 1 spiro atoms. The smallest absolute Gasteiger partial charge is 0.236 e. The highest BCUT2D eigenvalue weighted by Crippen LogP contribution is 2.44. The monoisotopic (exact) mass is 303 g/mol. The first-order valence-electron chi connectivity index (χ1n) is 7.59. The first kappa shape index (κ1) is 14.6. The SMILES string of the molecule is Cc1ccccc1CCCN1C(=O)C[C@]2(CCSC2)C1=O. The second-order valence-electron chi connectivity index (χ2n) is 6.14. The van der Waals surface area contributed by atoms with E-state index in [9.17, 15) is 9.59 Å². The third-order valence-corrected chi connectivity index (χ3v) is 5.93. The Labute approximate surface area is 130 Å². The number of thioether (sulfide) groups is 1. The van der Waals surface area contributed by atoms with Crippen molar-refractivity contribution in [1.29, 1.82) is 0 Å². The molecule has 2 aliphatic heterocycles. The molecule has 0 saturated carbocycles. The molecule has 112 valence electrons. The summed E-state index contributed by atoms with van der Waals surface area (Å²) in [7, 11) is 0. The van der Waals surface area contributed by atoms with Crippen molar-refractivity contribution in [2.75, 3.05) is 18.1 Å². The molecular weight excluding hydrogens is 282 g/mol. The molecule has 0 aliphatic carbocycles. The van der Waals surface area contributed by atoms with Gasteiger partial charge >= 0.3 is 0 Å². The van der Waals surface area contributed by atoms with E-state index in [0.717, 1.165) is 30.8 Å². The maximum atomic E-state index is 12.5. The van der Waals surface area contributed by atoms with Gasteiger partial charge in [0.05, 0.1) is 5.41 Å². The van der Waals surface area contributed by atoms with Crippen LogP contribution in [0.3, 0.4) is 0 Å². The summed E-state index contributed by atoms with van der Waals surface area (Å²) in [5, 5.41) is 0. The Kier molecular flexibility index (Phi) is 4.07. The van der Waals surface area contributed by atoms with Crippen LogP contribution in [0.5, 0.6) is 0 Å². The highest BCUT2D eigenvalue weighted by atomic mass is 32.2. The second kappa shape index (κ2) is 5.84. The Morgan fingerprint density at radius 2 is 2.10 bits per heavy atom. The number of benzene rings is 1. The molecule has 1 aromatic rings. The molecule has 0 N–H and O–H groups in total. The van der Waals surface area contributed by atoms with E-state index < -0.39 is 0 Å². The normalized spacial score (nSPS) is 25.3. The van der Waals surface area contributed by atoms with Gasteiger partial charge in [0.1, 0.15) is 0 Å². The van der Waals surface area contributed by atoms with Crippen molar-refractivity contribution in [2.24, 2.45) is 5.41 Å². The fourth-order valence-corrected chi connectivity index (χ4v) is 4.76. The minimum atomic E-state index is -0.357. The minimum absolute atomic E-state index is 0.0345. The lowest BCUT2D eigenvalue weighted by Crippen LogP contribution is -2.36. The first-order valence-corrected chi connectivity index (χ1v) is 8.75. The van der Waals surface area contributed by atoms with Gasteiger partial charge in [-0.15, -0.1) is 0 Å². The highest BCUT2D eigenvalue weighted by Gasteiger charge is 2.52. The van der Waals surface area contributed by atoms with Gasteiger partial charge in [-0.1, -0.05) is 24.3 Å². The Hall–Kier alpha value is -1.29. The average Bonchev–Trinajstić information content (AvgIpc) is 3.02. The van der Waals surface area contributed by atoms with Gasteiger partial charge in [-0.2, -0.15) is 11.8 Å². The summed E-state index contributed by atoms with van der Waals surface area (Å²) in [6.07, 6.45) is 3.08. The zero-order valence-electron chi connectivity index (χ0n) is 12.4. The zero-order valence-corrected chi connectivity index (χ0v) is 13.2. The van der Waals surface area contributed by atoms with E-state index in [-0.39, 0.29) is 17.2 Å². The number of aryl methyl sites for hydroxylation is 2. The molecule has 2 aliphatic rings. The van der Waals surface area contributed by atoms with Gasteiger partial charge < -0.3 is 0 Å². The minimum Gasteiger partial charge on any atom is -0.282 e. The molecule has 2 heterocycles. The standard InChI is InChI=1S/C17H21NO2S/c1-13-5-2-3-6-14(13)7-4-9-18-15(19)11-17(16(18)20)8-10-21-12-17/h2-3,5-6H,4,7-12H2,1H3/t17-/m0/s1. The lowest BCUT2D eigenvalue weighted by molar-refractivity contribution is -0.141. The molecule has 2 fully saturated rings. The molecule has 4 heteroatoms. The fraction of sp³-hybridized carbons (Fsp3) is 0.529. The maximum absolute atomic E-state index is 12.5. The third-order valence-electron chi connectivity index (χ3n) is 4.68. The maximum Gasteiger partial charge on any atom is 0.236 e. The lowest BCUT2D eigenvalue weighted by Gasteiger charge is -2.20.